The van der Waals surface area contributed by atoms with Crippen molar-refractivity contribution in [1.29, 1.82) is 0 Å². The molecule has 0 aromatic rings. The molecular formula is C14H24NO5P. The Hall–Kier alpha value is -0.280. The van der Waals surface area contributed by atoms with E-state index in [1.54, 1.807) is 7.11 Å². The van der Waals surface area contributed by atoms with Crippen LogP contribution in [0.15, 0.2) is 0 Å². The Balaban J connectivity index is 2.02. The van der Waals surface area contributed by atoms with E-state index in [0.717, 1.165) is 6.42 Å². The Bertz CT molecular complexity index is 390. The first-order chi connectivity index (χ1) is 10.1. The molecule has 0 N–H and O–H groups in total. The lowest BCUT2D eigenvalue weighted by Gasteiger charge is -2.36. The van der Waals surface area contributed by atoms with Crippen LogP contribution in [0.5, 0.6) is 0 Å². The van der Waals surface area contributed by atoms with E-state index in [2.05, 4.69) is 11.8 Å². The van der Waals surface area contributed by atoms with E-state index in [9.17, 15) is 0 Å². The lowest BCUT2D eigenvalue weighted by atomic mass is 9.90. The second kappa shape index (κ2) is 7.32. The summed E-state index contributed by atoms with van der Waals surface area (Å²) in [6.07, 6.45) is 0.485. The molecule has 0 aromatic heterocycles. The van der Waals surface area contributed by atoms with Gasteiger partial charge in [-0.3, -0.25) is 0 Å². The van der Waals surface area contributed by atoms with E-state index in [0.29, 0.717) is 19.8 Å². The van der Waals surface area contributed by atoms with E-state index < -0.39 is 14.0 Å². The summed E-state index contributed by atoms with van der Waals surface area (Å²) in [5.41, 5.74) is -0.458. The van der Waals surface area contributed by atoms with Gasteiger partial charge in [0.2, 0.25) is 6.54 Å². The Kier molecular flexibility index (Phi) is 5.96. The van der Waals surface area contributed by atoms with Gasteiger partial charge in [-0.1, -0.05) is 6.92 Å². The fraction of sp³-hybridized carbons (Fsp3) is 0.929. The minimum atomic E-state index is -1.05. The minimum Gasteiger partial charge on any atom is -0.382 e. The summed E-state index contributed by atoms with van der Waals surface area (Å²) in [5, 5.41) is 0. The summed E-state index contributed by atoms with van der Waals surface area (Å²) in [5.74, 6) is 0. The van der Waals surface area contributed by atoms with Gasteiger partial charge in [0.1, 0.15) is 30.5 Å². The quantitative estimate of drug-likeness (QED) is 0.390. The average molecular weight is 317 g/mol. The fourth-order valence-electron chi connectivity index (χ4n) is 3.15. The van der Waals surface area contributed by atoms with Gasteiger partial charge < -0.3 is 28.1 Å². The third-order valence-electron chi connectivity index (χ3n) is 4.12. The van der Waals surface area contributed by atoms with Crippen molar-refractivity contribution >= 4 is 8.38 Å². The number of nitrogens with zero attached hydrogens (tertiary/aromatic N) is 1. The number of fused-ring (bicyclic) bond motifs is 2. The van der Waals surface area contributed by atoms with Crippen LogP contribution in [0, 0.1) is 6.57 Å². The maximum absolute atomic E-state index is 6.76. The number of rotatable bonds is 8. The van der Waals surface area contributed by atoms with Gasteiger partial charge in [-0.2, -0.15) is 0 Å². The highest BCUT2D eigenvalue weighted by atomic mass is 31.2. The largest absolute Gasteiger partial charge is 0.382 e. The minimum absolute atomic E-state index is 0.00898. The monoisotopic (exact) mass is 317 g/mol. The summed E-state index contributed by atoms with van der Waals surface area (Å²) in [6.45, 7) is 14.0. The van der Waals surface area contributed by atoms with Gasteiger partial charge in [-0.05, 0) is 13.3 Å². The molecule has 6 atom stereocenters. The molecule has 2 aliphatic heterocycles. The van der Waals surface area contributed by atoms with E-state index >= 15 is 0 Å². The molecule has 0 saturated carbocycles. The van der Waals surface area contributed by atoms with E-state index in [4.69, 9.17) is 29.8 Å². The standard InChI is InChI=1S/C14H24NO5P/c1-6-14-11(9-16-4)18-12(10(2)19-14)13(14)20-21(5)17-8-7-15-3/h10-13H,6-9H2,1-2,4-5H3/t10-,11-,12-,13-,14-,21?/m0/s1. The molecule has 2 saturated heterocycles. The molecule has 0 radical (unpaired) electrons. The van der Waals surface area contributed by atoms with Gasteiger partial charge in [0, 0.05) is 13.8 Å². The van der Waals surface area contributed by atoms with Gasteiger partial charge in [-0.15, -0.1) is 0 Å². The summed E-state index contributed by atoms with van der Waals surface area (Å²) in [7, 11) is 0.619. The van der Waals surface area contributed by atoms with Crippen molar-refractivity contribution < 1.29 is 23.3 Å². The van der Waals surface area contributed by atoms with Crippen LogP contribution in [-0.4, -0.2) is 63.6 Å². The van der Waals surface area contributed by atoms with Gasteiger partial charge in [0.15, 0.2) is 8.38 Å². The van der Waals surface area contributed by atoms with Crippen molar-refractivity contribution in [2.45, 2.75) is 50.3 Å². The SMILES string of the molecule is [C-]#[N+]CCOP(C)O[C@H]1[C@H]2O[C@@H](COC)[C@]1(CC)O[C@H]2C. The van der Waals surface area contributed by atoms with Crippen LogP contribution in [0.3, 0.4) is 0 Å². The number of methoxy groups -OCH3 is 1. The molecule has 6 nitrogen and oxygen atoms in total. The molecule has 2 rings (SSSR count). The Morgan fingerprint density at radius 1 is 1.43 bits per heavy atom. The molecule has 1 unspecified atom stereocenters. The summed E-state index contributed by atoms with van der Waals surface area (Å²) in [6, 6.07) is 0. The fourth-order valence-corrected chi connectivity index (χ4v) is 4.17. The zero-order valence-corrected chi connectivity index (χ0v) is 14.0. The van der Waals surface area contributed by atoms with Crippen LogP contribution in [0.4, 0.5) is 0 Å². The highest BCUT2D eigenvalue weighted by molar-refractivity contribution is 7.46. The zero-order valence-electron chi connectivity index (χ0n) is 13.1. The van der Waals surface area contributed by atoms with Crippen LogP contribution >= 0.6 is 8.38 Å². The molecule has 21 heavy (non-hydrogen) atoms. The predicted octanol–water partition coefficient (Wildman–Crippen LogP) is 2.23. The van der Waals surface area contributed by atoms with E-state index in [1.807, 2.05) is 13.6 Å². The second-order valence-electron chi connectivity index (χ2n) is 5.36. The van der Waals surface area contributed by atoms with Crippen LogP contribution in [0.25, 0.3) is 4.85 Å². The molecule has 0 aromatic carbocycles. The third-order valence-corrected chi connectivity index (χ3v) is 5.19. The highest BCUT2D eigenvalue weighted by Gasteiger charge is 2.65. The normalized spacial score (nSPS) is 39.4. The number of ether oxygens (including phenoxy) is 3. The molecule has 2 bridgehead atoms. The molecule has 120 valence electrons. The molecule has 0 spiro atoms. The van der Waals surface area contributed by atoms with E-state index in [-0.39, 0.29) is 24.4 Å². The Labute approximate surface area is 127 Å². The number of hydrogen-bond donors (Lipinski definition) is 0. The van der Waals surface area contributed by atoms with Crippen molar-refractivity contribution in [3.05, 3.63) is 11.4 Å². The second-order valence-corrected chi connectivity index (χ2v) is 6.71. The Morgan fingerprint density at radius 3 is 2.81 bits per heavy atom. The molecule has 0 amide bonds. The first kappa shape index (κ1) is 17.1. The van der Waals surface area contributed by atoms with Crippen LogP contribution in [-0.2, 0) is 23.3 Å². The van der Waals surface area contributed by atoms with Crippen molar-refractivity contribution in [3.63, 3.8) is 0 Å². The van der Waals surface area contributed by atoms with Crippen molar-refractivity contribution in [1.82, 2.24) is 0 Å². The highest BCUT2D eigenvalue weighted by Crippen LogP contribution is 2.52. The predicted molar refractivity (Wildman–Crippen MR) is 79.2 cm³/mol. The third kappa shape index (κ3) is 3.24. The molecular weight excluding hydrogens is 293 g/mol. The summed E-state index contributed by atoms with van der Waals surface area (Å²) < 4.78 is 29.2. The maximum Gasteiger partial charge on any atom is 0.238 e. The van der Waals surface area contributed by atoms with Gasteiger partial charge in [0.25, 0.3) is 0 Å². The number of hydrogen-bond acceptors (Lipinski definition) is 5. The average Bonchev–Trinajstić information content (AvgIpc) is 2.88. The first-order valence-corrected chi connectivity index (χ1v) is 8.90. The van der Waals surface area contributed by atoms with Gasteiger partial charge in [0.05, 0.1) is 12.7 Å². The summed E-state index contributed by atoms with van der Waals surface area (Å²) >= 11 is 0. The van der Waals surface area contributed by atoms with E-state index in [1.165, 1.54) is 0 Å². The maximum atomic E-state index is 6.76. The van der Waals surface area contributed by atoms with Gasteiger partial charge in [-0.25, -0.2) is 6.57 Å². The zero-order chi connectivity index (χ0) is 15.5. The first-order valence-electron chi connectivity index (χ1n) is 7.28. The van der Waals surface area contributed by atoms with Crippen LogP contribution in [0.2, 0.25) is 0 Å². The molecule has 0 aliphatic carbocycles. The van der Waals surface area contributed by atoms with Gasteiger partial charge >= 0.3 is 0 Å². The molecule has 2 aliphatic rings. The summed E-state index contributed by atoms with van der Waals surface area (Å²) in [4.78, 5) is 3.27. The molecule has 2 heterocycles. The lowest BCUT2D eigenvalue weighted by molar-refractivity contribution is -0.194. The van der Waals surface area contributed by atoms with Crippen LogP contribution < -0.4 is 0 Å². The molecule has 2 fully saturated rings. The smallest absolute Gasteiger partial charge is 0.238 e. The topological polar surface area (TPSA) is 50.5 Å². The molecule has 7 heteroatoms. The van der Waals surface area contributed by atoms with Crippen LogP contribution in [0.1, 0.15) is 20.3 Å². The van der Waals surface area contributed by atoms with Crippen molar-refractivity contribution in [3.8, 4) is 0 Å². The lowest BCUT2D eigenvalue weighted by Crippen LogP contribution is -2.49. The van der Waals surface area contributed by atoms with Crippen molar-refractivity contribution in [2.75, 3.05) is 33.5 Å². The Morgan fingerprint density at radius 2 is 2.19 bits per heavy atom. The van der Waals surface area contributed by atoms with Crippen molar-refractivity contribution in [2.24, 2.45) is 0 Å².